The highest BCUT2D eigenvalue weighted by atomic mass is 35.7. The molecule has 2 aliphatic heterocycles. The average molecular weight is 295 g/mol. The molecular formula is C11H19ClN2O3S. The van der Waals surface area contributed by atoms with Crippen molar-refractivity contribution in [1.29, 1.82) is 0 Å². The van der Waals surface area contributed by atoms with Gasteiger partial charge in [0.05, 0.1) is 0 Å². The van der Waals surface area contributed by atoms with Crippen molar-refractivity contribution in [1.82, 2.24) is 9.80 Å². The fraction of sp³-hybridized carbons (Fsp3) is 0.909. The van der Waals surface area contributed by atoms with E-state index in [1.807, 2.05) is 0 Å². The van der Waals surface area contributed by atoms with E-state index >= 15 is 0 Å². The van der Waals surface area contributed by atoms with Crippen molar-refractivity contribution in [2.24, 2.45) is 5.92 Å². The van der Waals surface area contributed by atoms with Crippen LogP contribution in [0.15, 0.2) is 0 Å². The lowest BCUT2D eigenvalue weighted by Gasteiger charge is -2.31. The van der Waals surface area contributed by atoms with Gasteiger partial charge in [0.2, 0.25) is 15.0 Å². The van der Waals surface area contributed by atoms with Crippen LogP contribution in [0, 0.1) is 5.92 Å². The minimum absolute atomic E-state index is 0.0401. The van der Waals surface area contributed by atoms with Gasteiger partial charge in [0, 0.05) is 30.2 Å². The van der Waals surface area contributed by atoms with E-state index in [4.69, 9.17) is 10.7 Å². The van der Waals surface area contributed by atoms with Crippen LogP contribution in [0.1, 0.15) is 19.3 Å². The van der Waals surface area contributed by atoms with Gasteiger partial charge in [0.1, 0.15) is 5.25 Å². The van der Waals surface area contributed by atoms with Gasteiger partial charge in [-0.1, -0.05) is 0 Å². The molecule has 2 aliphatic rings. The van der Waals surface area contributed by atoms with E-state index in [1.54, 1.807) is 4.90 Å². The Labute approximate surface area is 112 Å². The minimum Gasteiger partial charge on any atom is -0.341 e. The van der Waals surface area contributed by atoms with Crippen LogP contribution in [-0.2, 0) is 13.8 Å². The van der Waals surface area contributed by atoms with Crippen molar-refractivity contribution >= 4 is 25.6 Å². The smallest absolute Gasteiger partial charge is 0.237 e. The van der Waals surface area contributed by atoms with E-state index in [1.165, 1.54) is 0 Å². The van der Waals surface area contributed by atoms with Gasteiger partial charge in [-0.25, -0.2) is 8.42 Å². The summed E-state index contributed by atoms with van der Waals surface area (Å²) in [5, 5.41) is -0.724. The maximum Gasteiger partial charge on any atom is 0.237 e. The molecule has 0 aromatic rings. The lowest BCUT2D eigenvalue weighted by Crippen LogP contribution is -2.38. The van der Waals surface area contributed by atoms with Crippen LogP contribution in [0.25, 0.3) is 0 Å². The van der Waals surface area contributed by atoms with Gasteiger partial charge < -0.3 is 9.80 Å². The maximum atomic E-state index is 11.8. The predicted octanol–water partition coefficient (Wildman–Crippen LogP) is 0.498. The molecular weight excluding hydrogens is 276 g/mol. The van der Waals surface area contributed by atoms with Crippen LogP contribution >= 0.6 is 10.7 Å². The Morgan fingerprint density at radius 2 is 1.94 bits per heavy atom. The van der Waals surface area contributed by atoms with Crippen molar-refractivity contribution in [3.63, 3.8) is 0 Å². The molecule has 0 aliphatic carbocycles. The lowest BCUT2D eigenvalue weighted by molar-refractivity contribution is -0.128. The van der Waals surface area contributed by atoms with Crippen LogP contribution in [0.2, 0.25) is 0 Å². The molecule has 1 atom stereocenters. The first-order valence-corrected chi connectivity index (χ1v) is 8.63. The molecule has 0 radical (unpaired) electrons. The third-order valence-electron chi connectivity index (χ3n) is 3.89. The molecule has 1 amide bonds. The maximum absolute atomic E-state index is 11.8. The lowest BCUT2D eigenvalue weighted by atomic mass is 9.97. The Morgan fingerprint density at radius 3 is 2.44 bits per heavy atom. The molecule has 18 heavy (non-hydrogen) atoms. The number of piperidine rings is 1. The number of carbonyl (C=O) groups excluding carboxylic acids is 1. The first-order valence-electron chi connectivity index (χ1n) is 6.26. The van der Waals surface area contributed by atoms with Crippen molar-refractivity contribution in [2.75, 3.05) is 33.2 Å². The quantitative estimate of drug-likeness (QED) is 0.711. The first kappa shape index (κ1) is 14.1. The standard InChI is InChI=1S/C11H19ClN2O3S/c1-13-4-2-9(3-5-13)7-14-8-10(6-11(14)15)18(12,16)17/h9-10H,2-8H2,1H3. The predicted molar refractivity (Wildman–Crippen MR) is 70.0 cm³/mol. The molecule has 2 fully saturated rings. The van der Waals surface area contributed by atoms with Crippen LogP contribution in [0.3, 0.4) is 0 Å². The third kappa shape index (κ3) is 3.36. The Balaban J connectivity index is 1.89. The Morgan fingerprint density at radius 1 is 1.33 bits per heavy atom. The summed E-state index contributed by atoms with van der Waals surface area (Å²) < 4.78 is 22.5. The van der Waals surface area contributed by atoms with Crippen LogP contribution in [-0.4, -0.2) is 62.6 Å². The normalized spacial score (nSPS) is 28.0. The Bertz CT molecular complexity index is 418. The number of rotatable bonds is 3. The second kappa shape index (κ2) is 5.35. The van der Waals surface area contributed by atoms with E-state index in [0.29, 0.717) is 12.5 Å². The second-order valence-electron chi connectivity index (χ2n) is 5.35. The molecule has 0 aromatic carbocycles. The number of hydrogen-bond donors (Lipinski definition) is 0. The zero-order valence-electron chi connectivity index (χ0n) is 10.5. The highest BCUT2D eigenvalue weighted by molar-refractivity contribution is 8.14. The van der Waals surface area contributed by atoms with E-state index in [0.717, 1.165) is 25.9 Å². The molecule has 0 aromatic heterocycles. The average Bonchev–Trinajstić information content (AvgIpc) is 2.63. The summed E-state index contributed by atoms with van der Waals surface area (Å²) in [5.41, 5.74) is 0. The molecule has 2 saturated heterocycles. The fourth-order valence-electron chi connectivity index (χ4n) is 2.66. The minimum atomic E-state index is -3.62. The Hall–Kier alpha value is -0.330. The van der Waals surface area contributed by atoms with Gasteiger partial charge in [0.15, 0.2) is 0 Å². The van der Waals surface area contributed by atoms with Crippen molar-refractivity contribution in [3.05, 3.63) is 0 Å². The van der Waals surface area contributed by atoms with E-state index < -0.39 is 14.3 Å². The molecule has 0 N–H and O–H groups in total. The summed E-state index contributed by atoms with van der Waals surface area (Å²) in [6.45, 7) is 3.03. The first-order chi connectivity index (χ1) is 8.36. The highest BCUT2D eigenvalue weighted by Gasteiger charge is 2.38. The molecule has 0 spiro atoms. The van der Waals surface area contributed by atoms with Crippen LogP contribution in [0.4, 0.5) is 0 Å². The van der Waals surface area contributed by atoms with Crippen molar-refractivity contribution in [2.45, 2.75) is 24.5 Å². The third-order valence-corrected chi connectivity index (χ3v) is 5.76. The monoisotopic (exact) mass is 294 g/mol. The molecule has 7 heteroatoms. The topological polar surface area (TPSA) is 57.7 Å². The van der Waals surface area contributed by atoms with Crippen molar-refractivity contribution < 1.29 is 13.2 Å². The summed E-state index contributed by atoms with van der Waals surface area (Å²) in [6.07, 6.45) is 2.18. The van der Waals surface area contributed by atoms with Crippen molar-refractivity contribution in [3.8, 4) is 0 Å². The SMILES string of the molecule is CN1CCC(CN2CC(S(=O)(=O)Cl)CC2=O)CC1. The highest BCUT2D eigenvalue weighted by Crippen LogP contribution is 2.24. The van der Waals surface area contributed by atoms with Crippen LogP contribution in [0.5, 0.6) is 0 Å². The molecule has 0 saturated carbocycles. The summed E-state index contributed by atoms with van der Waals surface area (Å²) >= 11 is 0. The molecule has 1 unspecified atom stereocenters. The van der Waals surface area contributed by atoms with E-state index in [-0.39, 0.29) is 18.9 Å². The second-order valence-corrected chi connectivity index (χ2v) is 8.26. The summed E-state index contributed by atoms with van der Waals surface area (Å²) in [6, 6.07) is 0. The number of carbonyl (C=O) groups is 1. The molecule has 2 heterocycles. The van der Waals surface area contributed by atoms with Crippen LogP contribution < -0.4 is 0 Å². The molecule has 5 nitrogen and oxygen atoms in total. The number of nitrogens with zero attached hydrogens (tertiary/aromatic N) is 2. The molecule has 104 valence electrons. The van der Waals surface area contributed by atoms with Gasteiger partial charge in [-0.05, 0) is 38.9 Å². The summed E-state index contributed by atoms with van der Waals surface area (Å²) in [4.78, 5) is 15.7. The van der Waals surface area contributed by atoms with Gasteiger partial charge in [-0.3, -0.25) is 4.79 Å². The molecule has 0 bridgehead atoms. The zero-order valence-corrected chi connectivity index (χ0v) is 12.1. The largest absolute Gasteiger partial charge is 0.341 e. The fourth-order valence-corrected chi connectivity index (χ4v) is 3.71. The van der Waals surface area contributed by atoms with Gasteiger partial charge in [-0.15, -0.1) is 0 Å². The van der Waals surface area contributed by atoms with Gasteiger partial charge in [0.25, 0.3) is 0 Å². The number of amides is 1. The van der Waals surface area contributed by atoms with Gasteiger partial charge in [-0.2, -0.15) is 0 Å². The summed E-state index contributed by atoms with van der Waals surface area (Å²) in [5.74, 6) is 0.407. The van der Waals surface area contributed by atoms with E-state index in [2.05, 4.69) is 11.9 Å². The number of hydrogen-bond acceptors (Lipinski definition) is 4. The Kier molecular flexibility index (Phi) is 4.18. The number of likely N-dealkylation sites (tertiary alicyclic amines) is 2. The molecule has 2 rings (SSSR count). The van der Waals surface area contributed by atoms with E-state index in [9.17, 15) is 13.2 Å². The van der Waals surface area contributed by atoms with Gasteiger partial charge >= 0.3 is 0 Å². The zero-order chi connectivity index (χ0) is 13.3. The number of halogens is 1. The summed E-state index contributed by atoms with van der Waals surface area (Å²) in [7, 11) is 3.79.